The third-order valence-electron chi connectivity index (χ3n) is 3.44. The molecule has 0 saturated heterocycles. The lowest BCUT2D eigenvalue weighted by Gasteiger charge is -2.47. The summed E-state index contributed by atoms with van der Waals surface area (Å²) < 4.78 is 13.6. The highest BCUT2D eigenvalue weighted by atomic mass is 32.3. The van der Waals surface area contributed by atoms with Gasteiger partial charge in [0.25, 0.3) is 0 Å². The van der Waals surface area contributed by atoms with Crippen molar-refractivity contribution in [2.24, 2.45) is 0 Å². The first kappa shape index (κ1) is 17.4. The van der Waals surface area contributed by atoms with Crippen LogP contribution < -0.4 is 0 Å². The number of benzene rings is 1. The van der Waals surface area contributed by atoms with E-state index in [1.807, 2.05) is 6.07 Å². The van der Waals surface area contributed by atoms with Crippen LogP contribution in [-0.2, 0) is 0 Å². The minimum absolute atomic E-state index is 0.212. The smallest absolute Gasteiger partial charge is 0.123 e. The van der Waals surface area contributed by atoms with Gasteiger partial charge in [0.05, 0.1) is 16.0 Å². The van der Waals surface area contributed by atoms with Gasteiger partial charge < -0.3 is 0 Å². The third kappa shape index (κ3) is 4.05. The summed E-state index contributed by atoms with van der Waals surface area (Å²) in [5.74, 6) is -0.212. The molecule has 0 aliphatic heterocycles. The highest BCUT2D eigenvalue weighted by Crippen LogP contribution is 2.68. The molecule has 122 valence electrons. The SMILES string of the molecule is CS(C)(C)C(c1cccc(-c2ccc(F)cc2)n1)S(C)(C)C. The number of hydrogen-bond donors (Lipinski definition) is 0. The van der Waals surface area contributed by atoms with Gasteiger partial charge in [0.2, 0.25) is 0 Å². The molecule has 0 aliphatic rings. The summed E-state index contributed by atoms with van der Waals surface area (Å²) in [5.41, 5.74) is 3.07. The Morgan fingerprint density at radius 3 is 1.86 bits per heavy atom. The van der Waals surface area contributed by atoms with Crippen molar-refractivity contribution in [1.82, 2.24) is 4.98 Å². The number of nitrogens with zero attached hydrogens (tertiary/aromatic N) is 1. The van der Waals surface area contributed by atoms with E-state index in [4.69, 9.17) is 4.98 Å². The molecule has 1 aromatic carbocycles. The maximum Gasteiger partial charge on any atom is 0.123 e. The summed E-state index contributed by atoms with van der Waals surface area (Å²) in [4.78, 5) is 4.93. The van der Waals surface area contributed by atoms with Gasteiger partial charge in [-0.3, -0.25) is 4.98 Å². The van der Waals surface area contributed by atoms with E-state index in [1.54, 1.807) is 12.1 Å². The zero-order valence-electron chi connectivity index (χ0n) is 14.3. The molecule has 0 atom stereocenters. The van der Waals surface area contributed by atoms with Crippen molar-refractivity contribution in [3.05, 3.63) is 54.0 Å². The van der Waals surface area contributed by atoms with Gasteiger partial charge in [0.15, 0.2) is 0 Å². The van der Waals surface area contributed by atoms with E-state index in [-0.39, 0.29) is 5.82 Å². The lowest BCUT2D eigenvalue weighted by molar-refractivity contribution is 0.628. The van der Waals surface area contributed by atoms with Crippen molar-refractivity contribution in [3.8, 4) is 11.3 Å². The first-order chi connectivity index (χ1) is 10.1. The average Bonchev–Trinajstić information content (AvgIpc) is 2.36. The number of rotatable bonds is 4. The van der Waals surface area contributed by atoms with Crippen molar-refractivity contribution in [2.75, 3.05) is 37.5 Å². The molecule has 0 bridgehead atoms. The molecule has 0 aliphatic carbocycles. The Labute approximate surface area is 137 Å². The highest BCUT2D eigenvalue weighted by molar-refractivity contribution is 8.47. The number of halogens is 1. The van der Waals surface area contributed by atoms with Gasteiger partial charge >= 0.3 is 0 Å². The van der Waals surface area contributed by atoms with E-state index in [2.05, 4.69) is 49.7 Å². The molecule has 1 heterocycles. The van der Waals surface area contributed by atoms with Crippen LogP contribution in [0.1, 0.15) is 10.3 Å². The number of pyridine rings is 1. The molecule has 0 spiro atoms. The lowest BCUT2D eigenvalue weighted by atomic mass is 10.1. The van der Waals surface area contributed by atoms with Crippen LogP contribution in [0.15, 0.2) is 42.5 Å². The van der Waals surface area contributed by atoms with Crippen molar-refractivity contribution < 1.29 is 4.39 Å². The van der Waals surface area contributed by atoms with Crippen LogP contribution >= 0.6 is 20.1 Å². The molecule has 22 heavy (non-hydrogen) atoms. The Bertz CT molecular complexity index is 625. The predicted molar refractivity (Wildman–Crippen MR) is 103 cm³/mol. The van der Waals surface area contributed by atoms with Crippen LogP contribution in [0.5, 0.6) is 0 Å². The first-order valence-corrected chi connectivity index (χ1v) is 13.0. The van der Waals surface area contributed by atoms with Crippen LogP contribution in [-0.4, -0.2) is 42.5 Å². The van der Waals surface area contributed by atoms with Crippen molar-refractivity contribution >= 4 is 20.1 Å². The highest BCUT2D eigenvalue weighted by Gasteiger charge is 2.31. The fourth-order valence-corrected chi connectivity index (χ4v) is 11.6. The predicted octanol–water partition coefficient (Wildman–Crippen LogP) is 5.27. The molecule has 0 amide bonds. The van der Waals surface area contributed by atoms with Gasteiger partial charge in [-0.05, 0) is 73.9 Å². The average molecular weight is 340 g/mol. The summed E-state index contributed by atoms with van der Waals surface area (Å²) in [7, 11) is -1.53. The summed E-state index contributed by atoms with van der Waals surface area (Å²) >= 11 is 0. The van der Waals surface area contributed by atoms with Crippen molar-refractivity contribution in [3.63, 3.8) is 0 Å². The summed E-state index contributed by atoms with van der Waals surface area (Å²) in [5, 5.41) is 0. The number of hydrogen-bond acceptors (Lipinski definition) is 1. The van der Waals surface area contributed by atoms with Crippen LogP contribution in [0.2, 0.25) is 0 Å². The maximum absolute atomic E-state index is 13.1. The van der Waals surface area contributed by atoms with Gasteiger partial charge in [0.1, 0.15) is 5.82 Å². The lowest BCUT2D eigenvalue weighted by Crippen LogP contribution is -2.15. The molecular weight excluding hydrogens is 313 g/mol. The van der Waals surface area contributed by atoms with Crippen LogP contribution in [0.3, 0.4) is 0 Å². The summed E-state index contributed by atoms with van der Waals surface area (Å²) in [6.07, 6.45) is 14.2. The Balaban J connectivity index is 2.48. The quantitative estimate of drug-likeness (QED) is 0.739. The molecule has 0 saturated carbocycles. The number of aromatic nitrogens is 1. The molecule has 1 nitrogen and oxygen atoms in total. The molecule has 4 heteroatoms. The second-order valence-corrected chi connectivity index (χ2v) is 16.1. The zero-order valence-corrected chi connectivity index (χ0v) is 15.9. The normalized spacial score (nSPS) is 14.2. The summed E-state index contributed by atoms with van der Waals surface area (Å²) in [6, 6.07) is 12.8. The molecular formula is C18H26FNS2. The van der Waals surface area contributed by atoms with E-state index in [1.165, 1.54) is 17.8 Å². The van der Waals surface area contributed by atoms with E-state index >= 15 is 0 Å². The molecule has 0 N–H and O–H groups in total. The van der Waals surface area contributed by atoms with Crippen molar-refractivity contribution in [2.45, 2.75) is 4.58 Å². The van der Waals surface area contributed by atoms with Crippen LogP contribution in [0.25, 0.3) is 11.3 Å². The fraction of sp³-hybridized carbons (Fsp3) is 0.389. The van der Waals surface area contributed by atoms with Gasteiger partial charge in [-0.2, -0.15) is 0 Å². The molecule has 0 radical (unpaired) electrons. The topological polar surface area (TPSA) is 12.9 Å². The third-order valence-corrected chi connectivity index (χ3v) is 9.95. The molecule has 1 aromatic heterocycles. The molecule has 0 fully saturated rings. The second kappa shape index (κ2) is 6.25. The van der Waals surface area contributed by atoms with Gasteiger partial charge in [-0.15, -0.1) is 0 Å². The van der Waals surface area contributed by atoms with E-state index in [0.717, 1.165) is 11.3 Å². The summed E-state index contributed by atoms with van der Waals surface area (Å²) in [6.45, 7) is 0. The monoisotopic (exact) mass is 339 g/mol. The minimum Gasteiger partial charge on any atom is -0.251 e. The minimum atomic E-state index is -0.767. The zero-order chi connectivity index (χ0) is 16.5. The Hall–Kier alpha value is -1.000. The van der Waals surface area contributed by atoms with E-state index in [9.17, 15) is 4.39 Å². The van der Waals surface area contributed by atoms with E-state index in [0.29, 0.717) is 4.58 Å². The molecule has 2 rings (SSSR count). The maximum atomic E-state index is 13.1. The Kier molecular flexibility index (Phi) is 4.93. The van der Waals surface area contributed by atoms with Gasteiger partial charge in [-0.25, -0.2) is 24.4 Å². The van der Waals surface area contributed by atoms with Crippen molar-refractivity contribution in [1.29, 1.82) is 0 Å². The van der Waals surface area contributed by atoms with E-state index < -0.39 is 20.1 Å². The van der Waals surface area contributed by atoms with Crippen LogP contribution in [0.4, 0.5) is 4.39 Å². The van der Waals surface area contributed by atoms with Gasteiger partial charge in [0, 0.05) is 5.56 Å². The fourth-order valence-electron chi connectivity index (χ4n) is 2.95. The molecule has 2 aromatic rings. The Morgan fingerprint density at radius 1 is 0.818 bits per heavy atom. The standard InChI is InChI=1S/C18H26FNS2/c1-21(2,3)18(22(4,5)6)17-9-7-8-16(20-17)14-10-12-15(19)13-11-14/h7-13,18H,1-6H3. The molecule has 0 unspecified atom stereocenters. The first-order valence-electron chi connectivity index (χ1n) is 7.16. The van der Waals surface area contributed by atoms with Crippen LogP contribution in [0, 0.1) is 5.82 Å². The largest absolute Gasteiger partial charge is 0.251 e. The second-order valence-electron chi connectivity index (χ2n) is 7.15. The van der Waals surface area contributed by atoms with Gasteiger partial charge in [-0.1, -0.05) is 6.07 Å². The Morgan fingerprint density at radius 2 is 1.36 bits per heavy atom.